The molecule has 7 heteroatoms. The van der Waals surface area contributed by atoms with Gasteiger partial charge in [0.05, 0.1) is 4.90 Å². The van der Waals surface area contributed by atoms with E-state index in [1.165, 1.54) is 12.1 Å². The van der Waals surface area contributed by atoms with E-state index in [-0.39, 0.29) is 11.3 Å². The second-order valence-electron chi connectivity index (χ2n) is 4.28. The highest BCUT2D eigenvalue weighted by Gasteiger charge is 2.12. The first-order chi connectivity index (χ1) is 9.45. The van der Waals surface area contributed by atoms with Crippen molar-refractivity contribution in [3.63, 3.8) is 0 Å². The molecule has 0 fully saturated rings. The maximum Gasteiger partial charge on any atom is 0.303 e. The third-order valence-corrected chi connectivity index (χ3v) is 4.85. The van der Waals surface area contributed by atoms with Crippen LogP contribution < -0.4 is 4.72 Å². The molecule has 0 spiro atoms. The van der Waals surface area contributed by atoms with E-state index < -0.39 is 16.0 Å². The molecule has 5 nitrogen and oxygen atoms in total. The maximum absolute atomic E-state index is 12.0. The molecular weight excluding hydrogens is 298 g/mol. The van der Waals surface area contributed by atoms with E-state index >= 15 is 0 Å². The van der Waals surface area contributed by atoms with Crippen molar-refractivity contribution in [2.24, 2.45) is 0 Å². The molecule has 0 aliphatic rings. The summed E-state index contributed by atoms with van der Waals surface area (Å²) in [5, 5.41) is 8.59. The van der Waals surface area contributed by atoms with Gasteiger partial charge in [0.1, 0.15) is 0 Å². The van der Waals surface area contributed by atoms with Crippen molar-refractivity contribution < 1.29 is 18.3 Å². The smallest absolute Gasteiger partial charge is 0.303 e. The number of carboxylic acids is 1. The molecule has 112 valence electrons. The summed E-state index contributed by atoms with van der Waals surface area (Å²) >= 11 is 1.67. The Balaban J connectivity index is 2.60. The van der Waals surface area contributed by atoms with Crippen LogP contribution in [0, 0.1) is 0 Å². The van der Waals surface area contributed by atoms with Crippen LogP contribution in [-0.4, -0.2) is 38.0 Å². The molecule has 20 heavy (non-hydrogen) atoms. The predicted octanol–water partition coefficient (Wildman–Crippen LogP) is 1.74. The second kappa shape index (κ2) is 8.28. The number of hydrogen-bond donors (Lipinski definition) is 2. The van der Waals surface area contributed by atoms with Crippen LogP contribution in [-0.2, 0) is 21.2 Å². The molecule has 0 saturated heterocycles. The molecule has 0 saturated carbocycles. The molecule has 0 aliphatic heterocycles. The molecule has 2 N–H and O–H groups in total. The Morgan fingerprint density at radius 1 is 1.30 bits per heavy atom. The fraction of sp³-hybridized carbons (Fsp3) is 0.462. The van der Waals surface area contributed by atoms with Gasteiger partial charge < -0.3 is 5.11 Å². The highest BCUT2D eigenvalue weighted by atomic mass is 32.2. The van der Waals surface area contributed by atoms with Gasteiger partial charge in [-0.1, -0.05) is 12.1 Å². The lowest BCUT2D eigenvalue weighted by Crippen LogP contribution is -2.25. The van der Waals surface area contributed by atoms with Crippen LogP contribution in [0.3, 0.4) is 0 Å². The predicted molar refractivity (Wildman–Crippen MR) is 80.6 cm³/mol. The zero-order valence-electron chi connectivity index (χ0n) is 11.3. The Morgan fingerprint density at radius 2 is 1.95 bits per heavy atom. The third-order valence-electron chi connectivity index (χ3n) is 2.68. The highest BCUT2D eigenvalue weighted by Crippen LogP contribution is 2.12. The Hall–Kier alpha value is -1.05. The van der Waals surface area contributed by atoms with Crippen LogP contribution >= 0.6 is 11.8 Å². The van der Waals surface area contributed by atoms with Crippen LogP contribution in [0.25, 0.3) is 0 Å². The summed E-state index contributed by atoms with van der Waals surface area (Å²) in [5.74, 6) is 0.0496. The van der Waals surface area contributed by atoms with E-state index in [4.69, 9.17) is 5.11 Å². The SMILES string of the molecule is CSCCCNS(=O)(=O)c1ccc(CCC(=O)O)cc1. The van der Waals surface area contributed by atoms with Gasteiger partial charge >= 0.3 is 5.97 Å². The molecular formula is C13H19NO4S2. The topological polar surface area (TPSA) is 83.5 Å². The van der Waals surface area contributed by atoms with E-state index in [0.29, 0.717) is 13.0 Å². The van der Waals surface area contributed by atoms with Gasteiger partial charge in [-0.15, -0.1) is 0 Å². The monoisotopic (exact) mass is 317 g/mol. The van der Waals surface area contributed by atoms with Gasteiger partial charge in [0, 0.05) is 13.0 Å². The summed E-state index contributed by atoms with van der Waals surface area (Å²) in [6.07, 6.45) is 3.21. The first-order valence-corrected chi connectivity index (χ1v) is 9.13. The van der Waals surface area contributed by atoms with Crippen molar-refractivity contribution in [2.45, 2.75) is 24.2 Å². The maximum atomic E-state index is 12.0. The van der Waals surface area contributed by atoms with E-state index in [1.54, 1.807) is 23.9 Å². The fourth-order valence-corrected chi connectivity index (χ4v) is 3.10. The van der Waals surface area contributed by atoms with Crippen molar-refractivity contribution in [3.8, 4) is 0 Å². The standard InChI is InChI=1S/C13H19NO4S2/c1-19-10-2-9-14-20(17,18)12-6-3-11(4-7-12)5-8-13(15)16/h3-4,6-7,14H,2,5,8-10H2,1H3,(H,15,16). The summed E-state index contributed by atoms with van der Waals surface area (Å²) < 4.78 is 26.5. The van der Waals surface area contributed by atoms with Crippen molar-refractivity contribution in [2.75, 3.05) is 18.6 Å². The molecule has 0 heterocycles. The van der Waals surface area contributed by atoms with Crippen LogP contribution in [0.15, 0.2) is 29.2 Å². The number of carboxylic acid groups (broad SMARTS) is 1. The largest absolute Gasteiger partial charge is 0.481 e. The van der Waals surface area contributed by atoms with Gasteiger partial charge in [-0.2, -0.15) is 11.8 Å². The molecule has 0 unspecified atom stereocenters. The van der Waals surface area contributed by atoms with Crippen LogP contribution in [0.5, 0.6) is 0 Å². The van der Waals surface area contributed by atoms with Crippen molar-refractivity contribution in [1.82, 2.24) is 4.72 Å². The number of rotatable bonds is 9. The lowest BCUT2D eigenvalue weighted by Gasteiger charge is -2.07. The van der Waals surface area contributed by atoms with Gasteiger partial charge in [-0.25, -0.2) is 13.1 Å². The van der Waals surface area contributed by atoms with Crippen molar-refractivity contribution in [3.05, 3.63) is 29.8 Å². The molecule has 0 amide bonds. The Labute approximate surface area is 123 Å². The number of thioether (sulfide) groups is 1. The molecule has 0 aliphatic carbocycles. The fourth-order valence-electron chi connectivity index (χ4n) is 1.59. The zero-order valence-corrected chi connectivity index (χ0v) is 13.0. The average Bonchev–Trinajstić information content (AvgIpc) is 2.42. The second-order valence-corrected chi connectivity index (χ2v) is 7.03. The third kappa shape index (κ3) is 5.94. The number of carbonyl (C=O) groups is 1. The normalized spacial score (nSPS) is 11.4. The minimum atomic E-state index is -3.46. The Morgan fingerprint density at radius 3 is 2.50 bits per heavy atom. The Kier molecular flexibility index (Phi) is 7.04. The van der Waals surface area contributed by atoms with E-state index in [0.717, 1.165) is 17.7 Å². The number of benzene rings is 1. The van der Waals surface area contributed by atoms with Crippen LogP contribution in [0.4, 0.5) is 0 Å². The van der Waals surface area contributed by atoms with Gasteiger partial charge in [0.15, 0.2) is 0 Å². The molecule has 0 atom stereocenters. The lowest BCUT2D eigenvalue weighted by atomic mass is 10.1. The summed E-state index contributed by atoms with van der Waals surface area (Å²) in [5.41, 5.74) is 0.814. The van der Waals surface area contributed by atoms with Gasteiger partial charge in [-0.3, -0.25) is 4.79 Å². The molecule has 1 rings (SSSR count). The molecule has 0 bridgehead atoms. The first kappa shape index (κ1) is 17.0. The summed E-state index contributed by atoms with van der Waals surface area (Å²) in [7, 11) is -3.46. The first-order valence-electron chi connectivity index (χ1n) is 6.25. The number of hydrogen-bond acceptors (Lipinski definition) is 4. The number of sulfonamides is 1. The highest BCUT2D eigenvalue weighted by molar-refractivity contribution is 7.98. The molecule has 0 radical (unpaired) electrons. The van der Waals surface area contributed by atoms with E-state index in [1.807, 2.05) is 6.26 Å². The average molecular weight is 317 g/mol. The van der Waals surface area contributed by atoms with Crippen LogP contribution in [0.1, 0.15) is 18.4 Å². The zero-order chi connectivity index (χ0) is 15.0. The summed E-state index contributed by atoms with van der Waals surface area (Å²) in [4.78, 5) is 10.7. The lowest BCUT2D eigenvalue weighted by molar-refractivity contribution is -0.136. The number of nitrogens with one attached hydrogen (secondary N) is 1. The summed E-state index contributed by atoms with van der Waals surface area (Å²) in [6, 6.07) is 6.32. The van der Waals surface area contributed by atoms with Crippen molar-refractivity contribution in [1.29, 1.82) is 0 Å². The molecule has 1 aromatic rings. The molecule has 0 aromatic heterocycles. The Bertz CT molecular complexity index is 526. The quantitative estimate of drug-likeness (QED) is 0.678. The molecule has 1 aromatic carbocycles. The number of aryl methyl sites for hydroxylation is 1. The minimum absolute atomic E-state index is 0.0407. The van der Waals surface area contributed by atoms with E-state index in [9.17, 15) is 13.2 Å². The summed E-state index contributed by atoms with van der Waals surface area (Å²) in [6.45, 7) is 0.421. The van der Waals surface area contributed by atoms with Gasteiger partial charge in [0.25, 0.3) is 0 Å². The van der Waals surface area contributed by atoms with Gasteiger partial charge in [0.2, 0.25) is 10.0 Å². The van der Waals surface area contributed by atoms with Crippen LogP contribution in [0.2, 0.25) is 0 Å². The number of aliphatic carboxylic acids is 1. The van der Waals surface area contributed by atoms with Gasteiger partial charge in [-0.05, 0) is 42.5 Å². The van der Waals surface area contributed by atoms with E-state index in [2.05, 4.69) is 4.72 Å². The minimum Gasteiger partial charge on any atom is -0.481 e. The van der Waals surface area contributed by atoms with Crippen molar-refractivity contribution >= 4 is 27.8 Å².